The van der Waals surface area contributed by atoms with E-state index in [4.69, 9.17) is 26.1 Å². The normalized spacial score (nSPS) is 16.9. The standard InChI is InChI=1S/C50H59ClN12O7S2/c1-28-30(3)72-49-42(28)43(33-12-14-35(51)15-13-33)55-38(46-59-57-31(4)63(46)49)21-40(65)52-16-17-61-23-36(58-60-61)25-69-18-19-70-26-41(66)56-45(50(5,6)7)48(68)62-24-37(64)20-39(62)47(67)53-22-32-8-10-34(11-9-32)44-29(2)54-27-71-44/h8-15,23,27,37-39,45,64H,16-22,24-26H2,1-7H3,(H,52,65)(H,53,67)(H,56,66). The van der Waals surface area contributed by atoms with Crippen LogP contribution in [0.1, 0.15) is 89.8 Å². The van der Waals surface area contributed by atoms with Crippen molar-refractivity contribution in [2.45, 2.75) is 105 Å². The fourth-order valence-electron chi connectivity index (χ4n) is 8.65. The Hall–Kier alpha value is -6.23. The van der Waals surface area contributed by atoms with E-state index in [1.54, 1.807) is 33.6 Å². The molecule has 72 heavy (non-hydrogen) atoms. The van der Waals surface area contributed by atoms with Gasteiger partial charge >= 0.3 is 0 Å². The molecule has 0 radical (unpaired) electrons. The fourth-order valence-corrected chi connectivity index (χ4v) is 10.8. The van der Waals surface area contributed by atoms with Gasteiger partial charge in [0.25, 0.3) is 0 Å². The predicted octanol–water partition coefficient (Wildman–Crippen LogP) is 5.37. The Bertz CT molecular complexity index is 2940. The number of rotatable bonds is 19. The summed E-state index contributed by atoms with van der Waals surface area (Å²) in [4.78, 5) is 67.1. The minimum atomic E-state index is -0.995. The van der Waals surface area contributed by atoms with Crippen LogP contribution < -0.4 is 16.0 Å². The number of aliphatic hydroxyl groups is 1. The van der Waals surface area contributed by atoms with Crippen molar-refractivity contribution < 1.29 is 33.8 Å². The molecule has 6 aromatic rings. The first-order chi connectivity index (χ1) is 34.4. The van der Waals surface area contributed by atoms with E-state index in [-0.39, 0.29) is 64.2 Å². The number of hydrogen-bond acceptors (Lipinski definition) is 15. The summed E-state index contributed by atoms with van der Waals surface area (Å²) in [6.07, 6.45) is 0.967. The van der Waals surface area contributed by atoms with Crippen LogP contribution in [0.2, 0.25) is 5.02 Å². The predicted molar refractivity (Wildman–Crippen MR) is 273 cm³/mol. The molecule has 0 saturated carbocycles. The summed E-state index contributed by atoms with van der Waals surface area (Å²) in [6, 6.07) is 12.9. The number of fused-ring (bicyclic) bond motifs is 3. The molecule has 1 fully saturated rings. The minimum absolute atomic E-state index is 0.0343. The number of amides is 4. The molecule has 380 valence electrons. The summed E-state index contributed by atoms with van der Waals surface area (Å²) in [6.45, 7) is 14.4. The Balaban J connectivity index is 0.760. The van der Waals surface area contributed by atoms with Gasteiger partial charge in [-0.05, 0) is 61.9 Å². The number of carbonyl (C=O) groups is 4. The second kappa shape index (κ2) is 22.7. The highest BCUT2D eigenvalue weighted by Gasteiger charge is 2.44. The van der Waals surface area contributed by atoms with Crippen LogP contribution in [-0.4, -0.2) is 125 Å². The van der Waals surface area contributed by atoms with Crippen LogP contribution in [0.15, 0.2) is 65.2 Å². The maximum Gasteiger partial charge on any atom is 0.246 e. The average molecular weight is 1040 g/mol. The van der Waals surface area contributed by atoms with Gasteiger partial charge in [0.05, 0.1) is 66.9 Å². The maximum atomic E-state index is 14.0. The van der Waals surface area contributed by atoms with Crippen molar-refractivity contribution in [1.29, 1.82) is 0 Å². The number of thiophene rings is 1. The lowest BCUT2D eigenvalue weighted by Gasteiger charge is -2.35. The van der Waals surface area contributed by atoms with Gasteiger partial charge in [-0.1, -0.05) is 74.0 Å². The number of benzene rings is 2. The van der Waals surface area contributed by atoms with Crippen molar-refractivity contribution in [3.05, 3.63) is 115 Å². The maximum absolute atomic E-state index is 14.0. The number of nitrogens with one attached hydrogen (secondary N) is 3. The third-order valence-corrected chi connectivity index (χ3v) is 15.0. The van der Waals surface area contributed by atoms with Crippen LogP contribution >= 0.6 is 34.3 Å². The lowest BCUT2D eigenvalue weighted by Crippen LogP contribution is -2.58. The molecule has 19 nitrogen and oxygen atoms in total. The number of aliphatic hydroxyl groups excluding tert-OH is 1. The molecule has 4 N–H and O–H groups in total. The highest BCUT2D eigenvalue weighted by Crippen LogP contribution is 2.40. The van der Waals surface area contributed by atoms with E-state index >= 15 is 0 Å². The second-order valence-corrected chi connectivity index (χ2v) is 21.5. The average Bonchev–Trinajstić information content (AvgIpc) is 4.19. The number of ether oxygens (including phenoxy) is 2. The van der Waals surface area contributed by atoms with Gasteiger partial charge in [0, 0.05) is 47.1 Å². The van der Waals surface area contributed by atoms with Crippen molar-refractivity contribution >= 4 is 63.6 Å². The minimum Gasteiger partial charge on any atom is -0.391 e. The number of aromatic nitrogens is 7. The number of nitrogens with zero attached hydrogens (tertiary/aromatic N) is 9. The number of hydrogen-bond donors (Lipinski definition) is 4. The Morgan fingerprint density at radius 1 is 0.931 bits per heavy atom. The Morgan fingerprint density at radius 2 is 1.67 bits per heavy atom. The lowest BCUT2D eigenvalue weighted by molar-refractivity contribution is -0.144. The molecule has 4 atom stereocenters. The molecule has 4 unspecified atom stereocenters. The second-order valence-electron chi connectivity index (χ2n) is 19.0. The number of aliphatic imine (C=N–C) groups is 1. The zero-order valence-corrected chi connectivity index (χ0v) is 43.7. The molecule has 2 aliphatic heterocycles. The third kappa shape index (κ3) is 12.2. The Labute approximate surface area is 430 Å². The van der Waals surface area contributed by atoms with E-state index in [2.05, 4.69) is 55.3 Å². The van der Waals surface area contributed by atoms with Crippen LogP contribution in [0.5, 0.6) is 0 Å². The number of halogens is 1. The molecule has 2 aromatic carbocycles. The van der Waals surface area contributed by atoms with E-state index in [9.17, 15) is 24.3 Å². The van der Waals surface area contributed by atoms with Gasteiger partial charge < -0.3 is 35.4 Å². The quantitative estimate of drug-likeness (QED) is 0.0751. The molecule has 8 rings (SSSR count). The monoisotopic (exact) mass is 1040 g/mol. The molecule has 1 saturated heterocycles. The van der Waals surface area contributed by atoms with Gasteiger partial charge in [-0.2, -0.15) is 0 Å². The van der Waals surface area contributed by atoms with E-state index < -0.39 is 41.5 Å². The number of likely N-dealkylation sites (tertiary alicyclic amines) is 1. The first-order valence-corrected chi connectivity index (χ1v) is 25.7. The van der Waals surface area contributed by atoms with Gasteiger partial charge in [0.15, 0.2) is 5.82 Å². The zero-order valence-electron chi connectivity index (χ0n) is 41.3. The zero-order chi connectivity index (χ0) is 51.3. The molecule has 0 spiro atoms. The van der Waals surface area contributed by atoms with Gasteiger partial charge in [-0.25, -0.2) is 4.98 Å². The number of aryl methyl sites for hydroxylation is 3. The van der Waals surface area contributed by atoms with Crippen LogP contribution in [0.25, 0.3) is 15.4 Å². The molecular weight excluding hydrogens is 980 g/mol. The van der Waals surface area contributed by atoms with Crippen molar-refractivity contribution in [3.63, 3.8) is 0 Å². The van der Waals surface area contributed by atoms with Crippen molar-refractivity contribution in [2.75, 3.05) is 32.9 Å². The molecule has 4 aromatic heterocycles. The molecular formula is C50H59ClN12O7S2. The smallest absolute Gasteiger partial charge is 0.246 e. The Morgan fingerprint density at radius 3 is 2.39 bits per heavy atom. The number of β-amino-alcohol motifs (C(OH)–C–C–N with tert-alkyl or cyclic N) is 1. The van der Waals surface area contributed by atoms with Crippen LogP contribution in [0, 0.1) is 33.1 Å². The van der Waals surface area contributed by atoms with Crippen LogP contribution in [-0.2, 0) is 48.3 Å². The summed E-state index contributed by atoms with van der Waals surface area (Å²) in [5.41, 5.74) is 8.29. The first-order valence-electron chi connectivity index (χ1n) is 23.7. The molecule has 0 bridgehead atoms. The molecule has 22 heteroatoms. The Kier molecular flexibility index (Phi) is 16.4. The molecule has 0 aliphatic carbocycles. The SMILES string of the molecule is Cc1ncsc1-c1ccc(CNC(=O)C2CC(O)CN2C(=O)C(NC(=O)COCCOCc2cn(CCNC(=O)CC3N=C(c4ccc(Cl)cc4)c4c(sc(C)c4C)-n4c(C)nnc43)nn2)C(C)(C)C)cc1. The summed E-state index contributed by atoms with van der Waals surface area (Å²) >= 11 is 9.46. The van der Waals surface area contributed by atoms with E-state index in [0.717, 1.165) is 54.0 Å². The number of thiazole rings is 1. The van der Waals surface area contributed by atoms with Crippen LogP contribution in [0.3, 0.4) is 0 Å². The van der Waals surface area contributed by atoms with Gasteiger partial charge in [0.2, 0.25) is 23.6 Å². The topological polar surface area (TPSA) is 233 Å². The largest absolute Gasteiger partial charge is 0.391 e. The summed E-state index contributed by atoms with van der Waals surface area (Å²) in [5, 5.41) is 38.1. The lowest BCUT2D eigenvalue weighted by atomic mass is 9.85. The van der Waals surface area contributed by atoms with Crippen molar-refractivity contribution in [2.24, 2.45) is 10.4 Å². The van der Waals surface area contributed by atoms with Gasteiger partial charge in [-0.15, -0.1) is 38.0 Å². The van der Waals surface area contributed by atoms with Crippen molar-refractivity contribution in [1.82, 2.24) is 55.6 Å². The van der Waals surface area contributed by atoms with E-state index in [1.807, 2.05) is 93.2 Å². The molecule has 6 heterocycles. The number of carbonyl (C=O) groups excluding carboxylic acids is 4. The van der Waals surface area contributed by atoms with Crippen LogP contribution in [0.4, 0.5) is 0 Å². The molecule has 4 amide bonds. The third-order valence-electron chi connectivity index (χ3n) is 12.6. The highest BCUT2D eigenvalue weighted by atomic mass is 35.5. The highest BCUT2D eigenvalue weighted by molar-refractivity contribution is 7.15. The van der Waals surface area contributed by atoms with Gasteiger partial charge in [-0.3, -0.25) is 33.4 Å². The van der Waals surface area contributed by atoms with E-state index in [1.165, 1.54) is 4.90 Å². The van der Waals surface area contributed by atoms with E-state index in [0.29, 0.717) is 35.5 Å². The summed E-state index contributed by atoms with van der Waals surface area (Å²) in [5.74, 6) is -0.263. The van der Waals surface area contributed by atoms with Gasteiger partial charge in [0.1, 0.15) is 41.3 Å². The molecule has 2 aliphatic rings. The summed E-state index contributed by atoms with van der Waals surface area (Å²) in [7, 11) is 0. The van der Waals surface area contributed by atoms with Crippen molar-refractivity contribution in [3.8, 4) is 15.4 Å². The first kappa shape index (κ1) is 52.1. The fraction of sp³-hybridized carbons (Fsp3) is 0.440. The summed E-state index contributed by atoms with van der Waals surface area (Å²) < 4.78 is 14.9.